The average molecular weight is 285 g/mol. The number of nitrogen functional groups attached to an aromatic ring is 1. The van der Waals surface area contributed by atoms with Crippen molar-refractivity contribution in [2.24, 2.45) is 0 Å². The lowest BCUT2D eigenvalue weighted by atomic mass is 10.1. The maximum atomic E-state index is 11.9. The Morgan fingerprint density at radius 2 is 2.05 bits per heavy atom. The van der Waals surface area contributed by atoms with Crippen molar-refractivity contribution >= 4 is 23.4 Å². The molecule has 106 valence electrons. The van der Waals surface area contributed by atoms with Crippen molar-refractivity contribution in [2.75, 3.05) is 38.6 Å². The van der Waals surface area contributed by atoms with Crippen LogP contribution in [0.2, 0.25) is 0 Å². The van der Waals surface area contributed by atoms with Gasteiger partial charge in [-0.1, -0.05) is 0 Å². The summed E-state index contributed by atoms with van der Waals surface area (Å²) in [5.41, 5.74) is 6.39. The lowest BCUT2D eigenvalue weighted by molar-refractivity contribution is 0.0507. The van der Waals surface area contributed by atoms with E-state index in [1.54, 1.807) is 23.9 Å². The highest BCUT2D eigenvalue weighted by Gasteiger charge is 2.17. The molecule has 0 atom stereocenters. The minimum Gasteiger partial charge on any atom is -0.497 e. The number of hydrogen-bond donors (Lipinski definition) is 1. The van der Waals surface area contributed by atoms with Crippen LogP contribution >= 0.6 is 11.8 Å². The molecular weight excluding hydrogens is 266 g/mol. The third kappa shape index (κ3) is 4.24. The van der Waals surface area contributed by atoms with E-state index in [9.17, 15) is 4.79 Å². The molecule has 0 bridgehead atoms. The summed E-state index contributed by atoms with van der Waals surface area (Å²) in [6.07, 6.45) is 2.82. The van der Waals surface area contributed by atoms with Crippen molar-refractivity contribution in [3.05, 3.63) is 17.7 Å². The molecule has 0 unspecified atom stereocenters. The van der Waals surface area contributed by atoms with E-state index >= 15 is 0 Å². The number of carbonyl (C=O) groups excluding carboxylic acids is 1. The quantitative estimate of drug-likeness (QED) is 0.470. The molecule has 0 aromatic heterocycles. The Kier molecular flexibility index (Phi) is 6.35. The van der Waals surface area contributed by atoms with Crippen LogP contribution in [0, 0.1) is 0 Å². The van der Waals surface area contributed by atoms with Gasteiger partial charge in [-0.2, -0.15) is 11.8 Å². The predicted octanol–water partition coefficient (Wildman–Crippen LogP) is 2.20. The van der Waals surface area contributed by atoms with Gasteiger partial charge >= 0.3 is 5.97 Å². The van der Waals surface area contributed by atoms with Gasteiger partial charge in [0.15, 0.2) is 0 Å². The molecule has 5 nitrogen and oxygen atoms in total. The first-order valence-electron chi connectivity index (χ1n) is 5.81. The fraction of sp³-hybridized carbons (Fsp3) is 0.462. The fourth-order valence-corrected chi connectivity index (χ4v) is 1.91. The second-order valence-electron chi connectivity index (χ2n) is 3.77. The Balaban J connectivity index is 2.83. The summed E-state index contributed by atoms with van der Waals surface area (Å²) < 4.78 is 15.4. The summed E-state index contributed by atoms with van der Waals surface area (Å²) in [5, 5.41) is 0. The fourth-order valence-electron chi connectivity index (χ4n) is 1.50. The highest BCUT2D eigenvalue weighted by atomic mass is 32.2. The Bertz CT molecular complexity index is 437. The first-order valence-corrected chi connectivity index (χ1v) is 7.21. The van der Waals surface area contributed by atoms with Crippen molar-refractivity contribution in [1.29, 1.82) is 0 Å². The van der Waals surface area contributed by atoms with E-state index in [1.165, 1.54) is 14.2 Å². The van der Waals surface area contributed by atoms with Gasteiger partial charge in [0.25, 0.3) is 0 Å². The molecule has 0 aliphatic rings. The summed E-state index contributed by atoms with van der Waals surface area (Å²) >= 11 is 1.71. The maximum Gasteiger partial charge on any atom is 0.340 e. The molecule has 1 aromatic rings. The summed E-state index contributed by atoms with van der Waals surface area (Å²) in [6, 6.07) is 3.18. The zero-order chi connectivity index (χ0) is 14.3. The van der Waals surface area contributed by atoms with E-state index < -0.39 is 5.97 Å². The molecule has 0 fully saturated rings. The van der Waals surface area contributed by atoms with Gasteiger partial charge < -0.3 is 19.9 Å². The van der Waals surface area contributed by atoms with Crippen LogP contribution < -0.4 is 15.2 Å². The van der Waals surface area contributed by atoms with Crippen LogP contribution in [-0.4, -0.2) is 38.8 Å². The number of carbonyl (C=O) groups is 1. The number of esters is 1. The van der Waals surface area contributed by atoms with E-state index in [1.807, 2.05) is 6.26 Å². The van der Waals surface area contributed by atoms with Crippen LogP contribution in [0.15, 0.2) is 12.1 Å². The SMILES string of the molecule is COc1cc(OC)c(N)c(C(=O)OCCCSC)c1. The molecule has 1 aromatic carbocycles. The second kappa shape index (κ2) is 7.78. The molecule has 1 rings (SSSR count). The van der Waals surface area contributed by atoms with E-state index in [-0.39, 0.29) is 11.3 Å². The van der Waals surface area contributed by atoms with Gasteiger partial charge in [-0.15, -0.1) is 0 Å². The van der Waals surface area contributed by atoms with Gasteiger partial charge in [-0.05, 0) is 24.5 Å². The molecule has 0 aliphatic carbocycles. The van der Waals surface area contributed by atoms with E-state index in [4.69, 9.17) is 19.9 Å². The van der Waals surface area contributed by atoms with Crippen molar-refractivity contribution < 1.29 is 19.0 Å². The van der Waals surface area contributed by atoms with Crippen molar-refractivity contribution in [3.63, 3.8) is 0 Å². The molecule has 0 heterocycles. The number of rotatable bonds is 7. The molecule has 0 amide bonds. The van der Waals surface area contributed by atoms with Crippen LogP contribution in [0.25, 0.3) is 0 Å². The molecule has 0 aliphatic heterocycles. The number of ether oxygens (including phenoxy) is 3. The first-order chi connectivity index (χ1) is 9.13. The van der Waals surface area contributed by atoms with Crippen LogP contribution in [-0.2, 0) is 4.74 Å². The molecule has 2 N–H and O–H groups in total. The lowest BCUT2D eigenvalue weighted by Gasteiger charge is -2.12. The Hall–Kier alpha value is -1.56. The van der Waals surface area contributed by atoms with Crippen LogP contribution in [0.5, 0.6) is 11.5 Å². The number of thioether (sulfide) groups is 1. The van der Waals surface area contributed by atoms with Gasteiger partial charge in [0.05, 0.1) is 32.1 Å². The number of methoxy groups -OCH3 is 2. The minimum atomic E-state index is -0.462. The summed E-state index contributed by atoms with van der Waals surface area (Å²) in [5.74, 6) is 1.39. The summed E-state index contributed by atoms with van der Waals surface area (Å²) in [6.45, 7) is 0.374. The predicted molar refractivity (Wildman–Crippen MR) is 77.2 cm³/mol. The number of benzene rings is 1. The monoisotopic (exact) mass is 285 g/mol. The first kappa shape index (κ1) is 15.5. The van der Waals surface area contributed by atoms with Crippen molar-refractivity contribution in [2.45, 2.75) is 6.42 Å². The maximum absolute atomic E-state index is 11.9. The molecule has 6 heteroatoms. The van der Waals surface area contributed by atoms with Gasteiger partial charge in [-0.25, -0.2) is 4.79 Å². The highest BCUT2D eigenvalue weighted by molar-refractivity contribution is 7.98. The molecule has 0 spiro atoms. The molecular formula is C13H19NO4S. The average Bonchev–Trinajstić information content (AvgIpc) is 2.43. The molecule has 0 radical (unpaired) electrons. The van der Waals surface area contributed by atoms with Crippen LogP contribution in [0.3, 0.4) is 0 Å². The Morgan fingerprint density at radius 3 is 2.63 bits per heavy atom. The third-order valence-corrected chi connectivity index (χ3v) is 3.21. The smallest absolute Gasteiger partial charge is 0.340 e. The van der Waals surface area contributed by atoms with Crippen molar-refractivity contribution in [1.82, 2.24) is 0 Å². The summed E-state index contributed by atoms with van der Waals surface area (Å²) in [7, 11) is 3.00. The molecule has 0 saturated heterocycles. The Labute approximate surface area is 117 Å². The number of anilines is 1. The van der Waals surface area contributed by atoms with Gasteiger partial charge in [-0.3, -0.25) is 0 Å². The van der Waals surface area contributed by atoms with Gasteiger partial charge in [0, 0.05) is 6.07 Å². The zero-order valence-corrected chi connectivity index (χ0v) is 12.2. The van der Waals surface area contributed by atoms with Gasteiger partial charge in [0.2, 0.25) is 0 Å². The van der Waals surface area contributed by atoms with Crippen LogP contribution in [0.4, 0.5) is 5.69 Å². The summed E-state index contributed by atoms with van der Waals surface area (Å²) in [4.78, 5) is 11.9. The van der Waals surface area contributed by atoms with Gasteiger partial charge in [0.1, 0.15) is 11.5 Å². The molecule has 0 saturated carbocycles. The second-order valence-corrected chi connectivity index (χ2v) is 4.76. The van der Waals surface area contributed by atoms with Crippen molar-refractivity contribution in [3.8, 4) is 11.5 Å². The highest BCUT2D eigenvalue weighted by Crippen LogP contribution is 2.31. The van der Waals surface area contributed by atoms with E-state index in [0.717, 1.165) is 12.2 Å². The van der Waals surface area contributed by atoms with Crippen LogP contribution in [0.1, 0.15) is 16.8 Å². The normalized spacial score (nSPS) is 10.1. The lowest BCUT2D eigenvalue weighted by Crippen LogP contribution is -2.11. The van der Waals surface area contributed by atoms with E-state index in [0.29, 0.717) is 18.1 Å². The number of hydrogen-bond acceptors (Lipinski definition) is 6. The zero-order valence-electron chi connectivity index (χ0n) is 11.4. The topological polar surface area (TPSA) is 70.8 Å². The minimum absolute atomic E-state index is 0.262. The Morgan fingerprint density at radius 1 is 1.32 bits per heavy atom. The standard InChI is InChI=1S/C13H19NO4S/c1-16-9-7-10(12(14)11(8-9)17-2)13(15)18-5-4-6-19-3/h7-8H,4-6,14H2,1-3H3. The van der Waals surface area contributed by atoms with E-state index in [2.05, 4.69) is 0 Å². The third-order valence-electron chi connectivity index (χ3n) is 2.52. The molecule has 19 heavy (non-hydrogen) atoms. The number of nitrogens with two attached hydrogens (primary N) is 1. The largest absolute Gasteiger partial charge is 0.497 e.